The lowest BCUT2D eigenvalue weighted by molar-refractivity contribution is 0.214. The second kappa shape index (κ2) is 3.56. The molecule has 0 aliphatic rings. The first kappa shape index (κ1) is 12.9. The molecule has 0 rings (SSSR count). The molecule has 4 heteroatoms. The minimum absolute atomic E-state index is 0.530. The number of rotatable bonds is 3. The zero-order chi connectivity index (χ0) is 10.9. The molecule has 13 heavy (non-hydrogen) atoms. The third-order valence-corrected chi connectivity index (χ3v) is 6.46. The minimum atomic E-state index is -1.61. The summed E-state index contributed by atoms with van der Waals surface area (Å²) >= 11 is 0. The molecule has 0 aliphatic heterocycles. The van der Waals surface area contributed by atoms with Crippen molar-refractivity contribution >= 4 is 16.4 Å². The van der Waals surface area contributed by atoms with Crippen LogP contribution in [-0.2, 0) is 4.43 Å². The average Bonchev–Trinajstić information content (AvgIpc) is 1.81. The second-order valence-corrected chi connectivity index (χ2v) is 15.5. The maximum Gasteiger partial charge on any atom is 0.185 e. The van der Waals surface area contributed by atoms with Crippen LogP contribution in [-0.4, -0.2) is 21.6 Å². The molecule has 0 amide bonds. The van der Waals surface area contributed by atoms with Gasteiger partial charge in [-0.15, -0.1) is 0 Å². The van der Waals surface area contributed by atoms with Gasteiger partial charge in [0.2, 0.25) is 0 Å². The molecular weight excluding hydrogens is 194 g/mol. The molecule has 0 heterocycles. The third kappa shape index (κ3) is 3.63. The van der Waals surface area contributed by atoms with Crippen molar-refractivity contribution in [3.63, 3.8) is 0 Å². The predicted octanol–water partition coefficient (Wildman–Crippen LogP) is 3.00. The Balaban J connectivity index is 4.81. The lowest BCUT2D eigenvalue weighted by Crippen LogP contribution is -2.55. The highest BCUT2D eigenvalue weighted by molar-refractivity contribution is 6.81. The molecule has 0 saturated carbocycles. The summed E-state index contributed by atoms with van der Waals surface area (Å²) in [5.41, 5.74) is 0. The molecule has 76 valence electrons. The monoisotopic (exact) mass is 215 g/mol. The highest BCUT2D eigenvalue weighted by atomic mass is 28.4. The molecule has 0 radical (unpaired) electrons. The van der Waals surface area contributed by atoms with E-state index in [4.69, 9.17) is 9.69 Å². The predicted molar refractivity (Wildman–Crippen MR) is 61.8 cm³/mol. The van der Waals surface area contributed by atoms with E-state index in [9.17, 15) is 0 Å². The number of hydrogen-bond acceptors (Lipinski definition) is 2. The SMILES string of the molecule is CC(C#N)(O[Si](C)(C)C)[Si](C)(C)C. The van der Waals surface area contributed by atoms with Crippen LogP contribution in [0.25, 0.3) is 0 Å². The van der Waals surface area contributed by atoms with Crippen molar-refractivity contribution in [2.45, 2.75) is 51.4 Å². The fourth-order valence-corrected chi connectivity index (χ4v) is 4.71. The average molecular weight is 215 g/mol. The van der Waals surface area contributed by atoms with E-state index in [0.29, 0.717) is 0 Å². The highest BCUT2D eigenvalue weighted by Crippen LogP contribution is 2.27. The van der Waals surface area contributed by atoms with E-state index in [1.807, 2.05) is 6.92 Å². The molecule has 1 unspecified atom stereocenters. The summed E-state index contributed by atoms with van der Waals surface area (Å²) in [6, 6.07) is 2.35. The summed E-state index contributed by atoms with van der Waals surface area (Å²) in [4.78, 5) is 0. The summed E-state index contributed by atoms with van der Waals surface area (Å²) < 4.78 is 5.98. The molecular formula is C9H21NOSi2. The van der Waals surface area contributed by atoms with E-state index >= 15 is 0 Å². The molecule has 1 atom stereocenters. The van der Waals surface area contributed by atoms with Crippen molar-refractivity contribution in [3.8, 4) is 6.07 Å². The summed E-state index contributed by atoms with van der Waals surface area (Å²) in [6.07, 6.45) is 0. The zero-order valence-corrected chi connectivity index (χ0v) is 11.9. The van der Waals surface area contributed by atoms with Crippen LogP contribution < -0.4 is 0 Å². The molecule has 0 aromatic carbocycles. The summed E-state index contributed by atoms with van der Waals surface area (Å²) in [7, 11) is -3.18. The van der Waals surface area contributed by atoms with Gasteiger partial charge in [0.15, 0.2) is 8.32 Å². The lowest BCUT2D eigenvalue weighted by atomic mass is 10.4. The number of nitrogens with zero attached hydrogens (tertiary/aromatic N) is 1. The first-order valence-electron chi connectivity index (χ1n) is 4.63. The quantitative estimate of drug-likeness (QED) is 0.678. The first-order chi connectivity index (χ1) is 5.52. The summed E-state index contributed by atoms with van der Waals surface area (Å²) in [5.74, 6) is 0. The van der Waals surface area contributed by atoms with Crippen LogP contribution in [0.3, 0.4) is 0 Å². The topological polar surface area (TPSA) is 33.0 Å². The third-order valence-electron chi connectivity index (χ3n) is 2.15. The summed E-state index contributed by atoms with van der Waals surface area (Å²) in [6.45, 7) is 14.9. The fraction of sp³-hybridized carbons (Fsp3) is 0.889. The molecule has 0 aliphatic carbocycles. The van der Waals surface area contributed by atoms with Crippen molar-refractivity contribution in [3.05, 3.63) is 0 Å². The van der Waals surface area contributed by atoms with Gasteiger partial charge in [-0.05, 0) is 26.6 Å². The Morgan fingerprint density at radius 2 is 1.46 bits per heavy atom. The molecule has 0 aromatic heterocycles. The van der Waals surface area contributed by atoms with E-state index in [0.717, 1.165) is 0 Å². The van der Waals surface area contributed by atoms with E-state index in [2.05, 4.69) is 45.4 Å². The van der Waals surface area contributed by atoms with Gasteiger partial charge in [0, 0.05) is 0 Å². The Kier molecular flexibility index (Phi) is 3.53. The standard InChI is InChI=1S/C9H21NOSi2/c1-9(8-10,12(2,3)4)11-13(5,6)7/h1-7H3. The van der Waals surface area contributed by atoms with Gasteiger partial charge < -0.3 is 4.43 Å². The molecule has 2 nitrogen and oxygen atoms in total. The minimum Gasteiger partial charge on any atom is -0.403 e. The Morgan fingerprint density at radius 1 is 1.08 bits per heavy atom. The van der Waals surface area contributed by atoms with Crippen LogP contribution in [0.15, 0.2) is 0 Å². The van der Waals surface area contributed by atoms with Gasteiger partial charge in [-0.1, -0.05) is 19.6 Å². The van der Waals surface area contributed by atoms with Gasteiger partial charge in [0.05, 0.1) is 14.1 Å². The van der Waals surface area contributed by atoms with Gasteiger partial charge in [-0.2, -0.15) is 5.26 Å². The molecule has 0 N–H and O–H groups in total. The van der Waals surface area contributed by atoms with E-state index in [1.54, 1.807) is 0 Å². The van der Waals surface area contributed by atoms with Crippen molar-refractivity contribution in [1.29, 1.82) is 5.26 Å². The van der Waals surface area contributed by atoms with Crippen LogP contribution in [0.2, 0.25) is 39.3 Å². The van der Waals surface area contributed by atoms with E-state index < -0.39 is 21.6 Å². The molecule has 0 saturated heterocycles. The van der Waals surface area contributed by atoms with Crippen molar-refractivity contribution in [2.75, 3.05) is 0 Å². The van der Waals surface area contributed by atoms with Crippen LogP contribution in [0.1, 0.15) is 6.92 Å². The summed E-state index contributed by atoms with van der Waals surface area (Å²) in [5, 5.41) is 8.64. The normalized spacial score (nSPS) is 17.7. The molecule has 0 aromatic rings. The van der Waals surface area contributed by atoms with Crippen LogP contribution in [0, 0.1) is 11.3 Å². The Labute approximate surface area is 84.1 Å². The number of nitriles is 1. The lowest BCUT2D eigenvalue weighted by Gasteiger charge is -2.39. The van der Waals surface area contributed by atoms with Crippen LogP contribution in [0.5, 0.6) is 0 Å². The maximum absolute atomic E-state index is 9.17. The number of hydrogen-bond donors (Lipinski definition) is 0. The fourth-order valence-electron chi connectivity index (χ4n) is 0.956. The van der Waals surface area contributed by atoms with E-state index in [-0.39, 0.29) is 0 Å². The smallest absolute Gasteiger partial charge is 0.185 e. The molecule has 0 spiro atoms. The Hall–Kier alpha value is -0.116. The first-order valence-corrected chi connectivity index (χ1v) is 11.5. The Morgan fingerprint density at radius 3 is 1.54 bits per heavy atom. The second-order valence-electron chi connectivity index (χ2n) is 5.61. The van der Waals surface area contributed by atoms with Crippen molar-refractivity contribution < 1.29 is 4.43 Å². The zero-order valence-electron chi connectivity index (χ0n) is 9.86. The largest absolute Gasteiger partial charge is 0.403 e. The van der Waals surface area contributed by atoms with Gasteiger partial charge in [0.25, 0.3) is 0 Å². The van der Waals surface area contributed by atoms with Crippen LogP contribution in [0.4, 0.5) is 0 Å². The highest BCUT2D eigenvalue weighted by Gasteiger charge is 2.43. The molecule has 0 fully saturated rings. The van der Waals surface area contributed by atoms with E-state index in [1.165, 1.54) is 0 Å². The van der Waals surface area contributed by atoms with Gasteiger partial charge in [-0.3, -0.25) is 0 Å². The van der Waals surface area contributed by atoms with Gasteiger partial charge >= 0.3 is 0 Å². The molecule has 0 bridgehead atoms. The maximum atomic E-state index is 9.17. The Bertz CT molecular complexity index is 221. The van der Waals surface area contributed by atoms with Crippen molar-refractivity contribution in [2.24, 2.45) is 0 Å². The van der Waals surface area contributed by atoms with Gasteiger partial charge in [0.1, 0.15) is 5.22 Å². The van der Waals surface area contributed by atoms with Gasteiger partial charge in [-0.25, -0.2) is 0 Å². The van der Waals surface area contributed by atoms with Crippen LogP contribution >= 0.6 is 0 Å². The van der Waals surface area contributed by atoms with Crippen molar-refractivity contribution in [1.82, 2.24) is 0 Å².